The molecule has 2 aromatic carbocycles. The standard InChI is InChI=1S/C23H28FNO6S/c1-2-30-23-11-18(14-26)5-8-22(23)31-15-21(27)13-25(20-9-10-32(28,29)16-20)12-17-3-6-19(24)7-4-17/h3-8,11,14,20-21,27H,2,9-10,12-13,15-16H2,1H3. The van der Waals surface area contributed by atoms with E-state index in [0.717, 1.165) is 5.56 Å². The molecule has 9 heteroatoms. The first-order valence-corrected chi connectivity index (χ1v) is 12.3. The Morgan fingerprint density at radius 3 is 2.56 bits per heavy atom. The molecule has 1 aliphatic rings. The molecule has 0 aliphatic carbocycles. The van der Waals surface area contributed by atoms with Crippen LogP contribution in [0.5, 0.6) is 11.5 Å². The van der Waals surface area contributed by atoms with Crippen LogP contribution in [0.25, 0.3) is 0 Å². The molecule has 1 fully saturated rings. The average Bonchev–Trinajstić information content (AvgIpc) is 3.13. The Labute approximate surface area is 187 Å². The highest BCUT2D eigenvalue weighted by Crippen LogP contribution is 2.28. The number of sulfone groups is 1. The van der Waals surface area contributed by atoms with Gasteiger partial charge in [0.25, 0.3) is 0 Å². The zero-order valence-corrected chi connectivity index (χ0v) is 18.8. The van der Waals surface area contributed by atoms with Gasteiger partial charge in [0.1, 0.15) is 24.8 Å². The highest BCUT2D eigenvalue weighted by atomic mass is 32.2. The normalized spacial score (nSPS) is 18.4. The summed E-state index contributed by atoms with van der Waals surface area (Å²) in [7, 11) is -3.11. The van der Waals surface area contributed by atoms with Gasteiger partial charge < -0.3 is 14.6 Å². The minimum Gasteiger partial charge on any atom is -0.490 e. The van der Waals surface area contributed by atoms with Crippen LogP contribution in [0.3, 0.4) is 0 Å². The van der Waals surface area contributed by atoms with Gasteiger partial charge in [-0.15, -0.1) is 0 Å². The Hall–Kier alpha value is -2.49. The van der Waals surface area contributed by atoms with Crippen molar-refractivity contribution in [3.05, 3.63) is 59.4 Å². The number of ether oxygens (including phenoxy) is 2. The summed E-state index contributed by atoms with van der Waals surface area (Å²) in [6, 6.07) is 10.6. The second kappa shape index (κ2) is 10.9. The monoisotopic (exact) mass is 465 g/mol. The van der Waals surface area contributed by atoms with Gasteiger partial charge in [-0.25, -0.2) is 12.8 Å². The summed E-state index contributed by atoms with van der Waals surface area (Å²) >= 11 is 0. The molecule has 1 N–H and O–H groups in total. The van der Waals surface area contributed by atoms with E-state index >= 15 is 0 Å². The Balaban J connectivity index is 1.67. The van der Waals surface area contributed by atoms with Crippen molar-refractivity contribution in [2.75, 3.05) is 31.3 Å². The summed E-state index contributed by atoms with van der Waals surface area (Å²) < 4.78 is 48.5. The third-order valence-electron chi connectivity index (χ3n) is 5.30. The van der Waals surface area contributed by atoms with Crippen LogP contribution in [0.15, 0.2) is 42.5 Å². The van der Waals surface area contributed by atoms with E-state index in [2.05, 4.69) is 0 Å². The van der Waals surface area contributed by atoms with E-state index in [1.807, 2.05) is 11.8 Å². The summed E-state index contributed by atoms with van der Waals surface area (Å²) in [5.74, 6) is 0.622. The summed E-state index contributed by atoms with van der Waals surface area (Å²) in [5, 5.41) is 10.6. The fourth-order valence-corrected chi connectivity index (χ4v) is 5.49. The molecule has 174 valence electrons. The van der Waals surface area contributed by atoms with Gasteiger partial charge in [0.2, 0.25) is 0 Å². The summed E-state index contributed by atoms with van der Waals surface area (Å²) in [5.41, 5.74) is 1.28. The number of carbonyl (C=O) groups is 1. The lowest BCUT2D eigenvalue weighted by atomic mass is 10.1. The molecule has 7 nitrogen and oxygen atoms in total. The van der Waals surface area contributed by atoms with E-state index in [1.54, 1.807) is 30.3 Å². The van der Waals surface area contributed by atoms with Crippen molar-refractivity contribution < 1.29 is 32.2 Å². The van der Waals surface area contributed by atoms with Crippen molar-refractivity contribution in [1.29, 1.82) is 0 Å². The number of hydrogen-bond acceptors (Lipinski definition) is 7. The highest BCUT2D eigenvalue weighted by Gasteiger charge is 2.33. The lowest BCUT2D eigenvalue weighted by molar-refractivity contribution is 0.0515. The number of aldehydes is 1. The molecule has 1 aliphatic heterocycles. The van der Waals surface area contributed by atoms with Crippen molar-refractivity contribution in [2.24, 2.45) is 0 Å². The molecule has 3 rings (SSSR count). The van der Waals surface area contributed by atoms with Crippen LogP contribution >= 0.6 is 0 Å². The molecule has 2 aromatic rings. The first-order chi connectivity index (χ1) is 15.3. The topological polar surface area (TPSA) is 93.1 Å². The van der Waals surface area contributed by atoms with Crippen molar-refractivity contribution in [3.63, 3.8) is 0 Å². The van der Waals surface area contributed by atoms with E-state index in [-0.39, 0.29) is 36.5 Å². The van der Waals surface area contributed by atoms with Crippen LogP contribution in [0.4, 0.5) is 4.39 Å². The number of hydrogen-bond donors (Lipinski definition) is 1. The second-order valence-electron chi connectivity index (χ2n) is 7.83. The van der Waals surface area contributed by atoms with Crippen molar-refractivity contribution >= 4 is 16.1 Å². The zero-order chi connectivity index (χ0) is 23.1. The molecule has 0 bridgehead atoms. The second-order valence-corrected chi connectivity index (χ2v) is 10.1. The molecule has 0 saturated carbocycles. The van der Waals surface area contributed by atoms with E-state index in [4.69, 9.17) is 9.47 Å². The van der Waals surface area contributed by atoms with E-state index in [9.17, 15) is 22.7 Å². The molecular formula is C23H28FNO6S. The van der Waals surface area contributed by atoms with Gasteiger partial charge in [-0.3, -0.25) is 9.69 Å². The van der Waals surface area contributed by atoms with Crippen LogP contribution < -0.4 is 9.47 Å². The fourth-order valence-electron chi connectivity index (χ4n) is 3.73. The summed E-state index contributed by atoms with van der Waals surface area (Å²) in [6.07, 6.45) is 0.294. The van der Waals surface area contributed by atoms with Crippen LogP contribution in [-0.2, 0) is 16.4 Å². The van der Waals surface area contributed by atoms with E-state index in [1.165, 1.54) is 12.1 Å². The van der Waals surface area contributed by atoms with Gasteiger partial charge >= 0.3 is 0 Å². The Kier molecular flexibility index (Phi) is 8.22. The summed E-state index contributed by atoms with van der Waals surface area (Å²) in [6.45, 7) is 2.74. The van der Waals surface area contributed by atoms with Crippen molar-refractivity contribution in [1.82, 2.24) is 4.90 Å². The molecule has 2 atom stereocenters. The Morgan fingerprint density at radius 1 is 1.19 bits per heavy atom. The minimum absolute atomic E-state index is 0.0312. The molecule has 0 spiro atoms. The van der Waals surface area contributed by atoms with Gasteiger partial charge in [0, 0.05) is 24.7 Å². The van der Waals surface area contributed by atoms with Crippen LogP contribution in [0, 0.1) is 5.82 Å². The molecule has 32 heavy (non-hydrogen) atoms. The largest absolute Gasteiger partial charge is 0.490 e. The number of carbonyl (C=O) groups excluding carboxylic acids is 1. The SMILES string of the molecule is CCOc1cc(C=O)ccc1OCC(O)CN(Cc1ccc(F)cc1)C1CCS(=O)(=O)C1. The Bertz CT molecular complexity index is 1010. The zero-order valence-electron chi connectivity index (χ0n) is 17.9. The predicted octanol–water partition coefficient (Wildman–Crippen LogP) is 2.47. The van der Waals surface area contributed by atoms with Crippen LogP contribution in [0.1, 0.15) is 29.3 Å². The molecule has 0 aromatic heterocycles. The first kappa shape index (κ1) is 24.2. The molecule has 0 amide bonds. The third kappa shape index (κ3) is 6.75. The lowest BCUT2D eigenvalue weighted by Gasteiger charge is -2.30. The maximum Gasteiger partial charge on any atom is 0.161 e. The van der Waals surface area contributed by atoms with Gasteiger partial charge in [-0.1, -0.05) is 12.1 Å². The number of benzene rings is 2. The van der Waals surface area contributed by atoms with E-state index in [0.29, 0.717) is 42.9 Å². The lowest BCUT2D eigenvalue weighted by Crippen LogP contribution is -2.42. The van der Waals surface area contributed by atoms with E-state index < -0.39 is 15.9 Å². The molecule has 1 saturated heterocycles. The molecule has 2 unspecified atom stereocenters. The number of halogens is 1. The minimum atomic E-state index is -3.11. The first-order valence-electron chi connectivity index (χ1n) is 10.5. The predicted molar refractivity (Wildman–Crippen MR) is 118 cm³/mol. The number of rotatable bonds is 11. The van der Waals surface area contributed by atoms with Gasteiger partial charge in [0.05, 0.1) is 18.1 Å². The molecule has 1 heterocycles. The molecule has 0 radical (unpaired) electrons. The maximum absolute atomic E-state index is 13.3. The Morgan fingerprint density at radius 2 is 1.94 bits per heavy atom. The smallest absolute Gasteiger partial charge is 0.161 e. The van der Waals surface area contributed by atoms with Crippen molar-refractivity contribution in [2.45, 2.75) is 32.0 Å². The fraction of sp³-hybridized carbons (Fsp3) is 0.435. The van der Waals surface area contributed by atoms with Crippen molar-refractivity contribution in [3.8, 4) is 11.5 Å². The molecular weight excluding hydrogens is 437 g/mol. The third-order valence-corrected chi connectivity index (χ3v) is 7.05. The number of nitrogens with zero attached hydrogens (tertiary/aromatic N) is 1. The van der Waals surface area contributed by atoms with Gasteiger partial charge in [-0.2, -0.15) is 0 Å². The van der Waals surface area contributed by atoms with Crippen LogP contribution in [0.2, 0.25) is 0 Å². The summed E-state index contributed by atoms with van der Waals surface area (Å²) in [4.78, 5) is 12.9. The van der Waals surface area contributed by atoms with Gasteiger partial charge in [0.15, 0.2) is 21.3 Å². The number of aliphatic hydroxyl groups is 1. The highest BCUT2D eigenvalue weighted by molar-refractivity contribution is 7.91. The average molecular weight is 466 g/mol. The van der Waals surface area contributed by atoms with Crippen LogP contribution in [-0.4, -0.2) is 68.1 Å². The van der Waals surface area contributed by atoms with Gasteiger partial charge in [-0.05, 0) is 49.2 Å². The number of aliphatic hydroxyl groups excluding tert-OH is 1. The maximum atomic E-state index is 13.3. The quantitative estimate of drug-likeness (QED) is 0.510.